The molecule has 3 rings (SSSR count). The van der Waals surface area contributed by atoms with Crippen LogP contribution in [-0.4, -0.2) is 78.7 Å². The number of H-pyrrole nitrogens is 1. The average Bonchev–Trinajstić information content (AvgIpc) is 3.23. The van der Waals surface area contributed by atoms with E-state index in [1.165, 1.54) is 4.90 Å². The molecule has 0 radical (unpaired) electrons. The van der Waals surface area contributed by atoms with Crippen molar-refractivity contribution < 1.29 is 19.1 Å². The number of hydrogen-bond donors (Lipinski definition) is 1. The number of nitrogens with one attached hydrogen (secondary N) is 1. The smallest absolute Gasteiger partial charge is 0.255 e. The van der Waals surface area contributed by atoms with Gasteiger partial charge in [-0.15, -0.1) is 0 Å². The van der Waals surface area contributed by atoms with Crippen LogP contribution in [0.3, 0.4) is 0 Å². The van der Waals surface area contributed by atoms with Gasteiger partial charge in [-0.05, 0) is 25.3 Å². The van der Waals surface area contributed by atoms with Crippen molar-refractivity contribution in [3.63, 3.8) is 0 Å². The molecule has 2 saturated heterocycles. The maximum atomic E-state index is 12.5. The molecule has 1 aromatic heterocycles. The summed E-state index contributed by atoms with van der Waals surface area (Å²) in [7, 11) is 3.42. The van der Waals surface area contributed by atoms with E-state index >= 15 is 0 Å². The third-order valence-electron chi connectivity index (χ3n) is 4.77. The monoisotopic (exact) mass is 335 g/mol. The SMILES string of the molecule is CN(C)C(=O)COC[C@@H]1CC[C@@H]2[C@@H](CCN2C(=O)c2cc[nH]c2)O1. The number of likely N-dealkylation sites (N-methyl/N-ethyl adjacent to an activating group) is 1. The van der Waals surface area contributed by atoms with Crippen molar-refractivity contribution >= 4 is 11.8 Å². The summed E-state index contributed by atoms with van der Waals surface area (Å²) in [5.41, 5.74) is 0.698. The lowest BCUT2D eigenvalue weighted by Gasteiger charge is -2.35. The highest BCUT2D eigenvalue weighted by Gasteiger charge is 2.42. The van der Waals surface area contributed by atoms with Crippen molar-refractivity contribution in [3.8, 4) is 0 Å². The van der Waals surface area contributed by atoms with Crippen LogP contribution in [0.2, 0.25) is 0 Å². The molecule has 7 heteroatoms. The lowest BCUT2D eigenvalue weighted by molar-refractivity contribution is -0.138. The van der Waals surface area contributed by atoms with E-state index in [0.29, 0.717) is 12.2 Å². The van der Waals surface area contributed by atoms with Crippen LogP contribution >= 0.6 is 0 Å². The Labute approximate surface area is 141 Å². The van der Waals surface area contributed by atoms with E-state index in [1.807, 2.05) is 4.90 Å². The number of nitrogens with zero attached hydrogens (tertiary/aromatic N) is 2. The molecule has 2 aliphatic rings. The molecule has 0 aromatic carbocycles. The Bertz CT molecular complexity index is 572. The number of carbonyl (C=O) groups is 2. The Morgan fingerprint density at radius 3 is 2.92 bits per heavy atom. The van der Waals surface area contributed by atoms with Crippen LogP contribution in [0.25, 0.3) is 0 Å². The molecule has 7 nitrogen and oxygen atoms in total. The van der Waals surface area contributed by atoms with E-state index in [-0.39, 0.29) is 36.7 Å². The second-order valence-electron chi connectivity index (χ2n) is 6.63. The number of fused-ring (bicyclic) bond motifs is 1. The summed E-state index contributed by atoms with van der Waals surface area (Å²) in [5, 5.41) is 0. The Morgan fingerprint density at radius 2 is 2.21 bits per heavy atom. The first-order valence-electron chi connectivity index (χ1n) is 8.43. The second-order valence-corrected chi connectivity index (χ2v) is 6.63. The van der Waals surface area contributed by atoms with Gasteiger partial charge in [0.2, 0.25) is 5.91 Å². The zero-order valence-electron chi connectivity index (χ0n) is 14.2. The fraction of sp³-hybridized carbons (Fsp3) is 0.647. The van der Waals surface area contributed by atoms with Gasteiger partial charge < -0.3 is 24.3 Å². The largest absolute Gasteiger partial charge is 0.370 e. The minimum atomic E-state index is -0.0483. The van der Waals surface area contributed by atoms with Gasteiger partial charge in [0, 0.05) is 33.0 Å². The number of hydrogen-bond acceptors (Lipinski definition) is 4. The van der Waals surface area contributed by atoms with Gasteiger partial charge in [-0.3, -0.25) is 9.59 Å². The Balaban J connectivity index is 1.48. The van der Waals surface area contributed by atoms with E-state index in [1.54, 1.807) is 32.6 Å². The van der Waals surface area contributed by atoms with Gasteiger partial charge in [-0.1, -0.05) is 0 Å². The van der Waals surface area contributed by atoms with E-state index in [9.17, 15) is 9.59 Å². The summed E-state index contributed by atoms with van der Waals surface area (Å²) in [4.78, 5) is 30.4. The third-order valence-corrected chi connectivity index (χ3v) is 4.77. The molecule has 132 valence electrons. The van der Waals surface area contributed by atoms with Crippen molar-refractivity contribution in [1.29, 1.82) is 0 Å². The first kappa shape index (κ1) is 17.0. The molecule has 0 bridgehead atoms. The van der Waals surface area contributed by atoms with Crippen molar-refractivity contribution in [2.24, 2.45) is 0 Å². The molecule has 24 heavy (non-hydrogen) atoms. The predicted octanol–water partition coefficient (Wildman–Crippen LogP) is 0.882. The molecular formula is C17H25N3O4. The Morgan fingerprint density at radius 1 is 1.38 bits per heavy atom. The fourth-order valence-corrected chi connectivity index (χ4v) is 3.40. The second kappa shape index (κ2) is 7.36. The maximum absolute atomic E-state index is 12.5. The van der Waals surface area contributed by atoms with Gasteiger partial charge in [-0.2, -0.15) is 0 Å². The van der Waals surface area contributed by atoms with Crippen molar-refractivity contribution in [1.82, 2.24) is 14.8 Å². The van der Waals surface area contributed by atoms with E-state index in [4.69, 9.17) is 9.47 Å². The molecule has 0 aliphatic carbocycles. The van der Waals surface area contributed by atoms with Crippen molar-refractivity contribution in [2.75, 3.05) is 33.9 Å². The first-order chi connectivity index (χ1) is 11.6. The van der Waals surface area contributed by atoms with Gasteiger partial charge in [-0.25, -0.2) is 0 Å². The summed E-state index contributed by atoms with van der Waals surface area (Å²) in [6.07, 6.45) is 6.18. The average molecular weight is 335 g/mol. The molecule has 1 N–H and O–H groups in total. The number of likely N-dealkylation sites (tertiary alicyclic amines) is 1. The quantitative estimate of drug-likeness (QED) is 0.867. The van der Waals surface area contributed by atoms with Gasteiger partial charge >= 0.3 is 0 Å². The van der Waals surface area contributed by atoms with Gasteiger partial charge in [0.25, 0.3) is 5.91 Å². The highest BCUT2D eigenvalue weighted by atomic mass is 16.5. The van der Waals surface area contributed by atoms with E-state index in [0.717, 1.165) is 25.8 Å². The molecule has 2 fully saturated rings. The highest BCUT2D eigenvalue weighted by molar-refractivity contribution is 5.94. The van der Waals surface area contributed by atoms with Crippen LogP contribution in [0.4, 0.5) is 0 Å². The topological polar surface area (TPSA) is 74.9 Å². The van der Waals surface area contributed by atoms with E-state index < -0.39 is 0 Å². The number of rotatable bonds is 5. The summed E-state index contributed by atoms with van der Waals surface area (Å²) >= 11 is 0. The number of amides is 2. The summed E-state index contributed by atoms with van der Waals surface area (Å²) < 4.78 is 11.6. The molecule has 3 heterocycles. The Kier molecular flexibility index (Phi) is 5.20. The lowest BCUT2D eigenvalue weighted by atomic mass is 9.99. The molecule has 0 spiro atoms. The molecule has 0 saturated carbocycles. The normalized spacial score (nSPS) is 26.2. The predicted molar refractivity (Wildman–Crippen MR) is 87.6 cm³/mol. The number of carbonyl (C=O) groups excluding carboxylic acids is 2. The van der Waals surface area contributed by atoms with Crippen molar-refractivity contribution in [2.45, 2.75) is 37.5 Å². The minimum absolute atomic E-state index is 0.00326. The fourth-order valence-electron chi connectivity index (χ4n) is 3.40. The van der Waals surface area contributed by atoms with Crippen LogP contribution < -0.4 is 0 Å². The van der Waals surface area contributed by atoms with Crippen LogP contribution in [0.5, 0.6) is 0 Å². The number of aromatic amines is 1. The third kappa shape index (κ3) is 3.62. The lowest BCUT2D eigenvalue weighted by Crippen LogP contribution is -2.46. The number of aromatic nitrogens is 1. The van der Waals surface area contributed by atoms with Gasteiger partial charge in [0.05, 0.1) is 30.4 Å². The summed E-state index contributed by atoms with van der Waals surface area (Å²) in [6.45, 7) is 1.24. The van der Waals surface area contributed by atoms with Crippen molar-refractivity contribution in [3.05, 3.63) is 24.0 Å². The highest BCUT2D eigenvalue weighted by Crippen LogP contribution is 2.32. The zero-order valence-corrected chi connectivity index (χ0v) is 14.2. The van der Waals surface area contributed by atoms with Crippen LogP contribution in [0.1, 0.15) is 29.6 Å². The molecule has 2 aliphatic heterocycles. The van der Waals surface area contributed by atoms with Crippen LogP contribution in [0.15, 0.2) is 18.5 Å². The maximum Gasteiger partial charge on any atom is 0.255 e. The first-order valence-corrected chi connectivity index (χ1v) is 8.43. The molecule has 2 amide bonds. The standard InChI is InChI=1S/C17H25N3O4/c1-19(2)16(21)11-23-10-13-3-4-14-15(24-13)6-8-20(14)17(22)12-5-7-18-9-12/h5,7,9,13-15,18H,3-4,6,8,10-11H2,1-2H3/t13-,14+,15+/m0/s1. The van der Waals surface area contributed by atoms with Gasteiger partial charge in [0.1, 0.15) is 6.61 Å². The van der Waals surface area contributed by atoms with Crippen LogP contribution in [0, 0.1) is 0 Å². The molecular weight excluding hydrogens is 310 g/mol. The molecule has 3 atom stereocenters. The molecule has 0 unspecified atom stereocenters. The molecule has 1 aromatic rings. The number of ether oxygens (including phenoxy) is 2. The van der Waals surface area contributed by atoms with E-state index in [2.05, 4.69) is 4.98 Å². The summed E-state index contributed by atoms with van der Waals surface area (Å²) in [5.74, 6) is 0.0199. The van der Waals surface area contributed by atoms with Crippen LogP contribution in [-0.2, 0) is 14.3 Å². The zero-order chi connectivity index (χ0) is 17.1. The Hall–Kier alpha value is -1.86. The minimum Gasteiger partial charge on any atom is -0.370 e. The summed E-state index contributed by atoms with van der Waals surface area (Å²) in [6, 6.07) is 1.95. The van der Waals surface area contributed by atoms with Gasteiger partial charge in [0.15, 0.2) is 0 Å².